The summed E-state index contributed by atoms with van der Waals surface area (Å²) in [5.74, 6) is -0.892. The topological polar surface area (TPSA) is 115 Å². The highest BCUT2D eigenvalue weighted by Crippen LogP contribution is 2.34. The third-order valence-corrected chi connectivity index (χ3v) is 5.74. The van der Waals surface area contributed by atoms with Gasteiger partial charge in [0.15, 0.2) is 0 Å². The standard InChI is InChI=1S/C25H26F4N6O2/c26-20-13-18(7-6-16(20)14-34(11-9-31)10-3-8-30)35-15-17-12-21(32-23(17)33-24(35)36)19-4-1-2-5-22(19)37-25(27,28)29/h1-2,4-7,12-13,15H,3,8-11,14,30-31H2,(H,32,33,36). The lowest BCUT2D eigenvalue weighted by molar-refractivity contribution is -0.274. The summed E-state index contributed by atoms with van der Waals surface area (Å²) in [6.07, 6.45) is -2.66. The first kappa shape index (κ1) is 26.3. The van der Waals surface area contributed by atoms with Crippen molar-refractivity contribution >= 4 is 11.0 Å². The van der Waals surface area contributed by atoms with Gasteiger partial charge < -0.3 is 21.2 Å². The normalized spacial score (nSPS) is 12.0. The second-order valence-electron chi connectivity index (χ2n) is 8.41. The third kappa shape index (κ3) is 6.34. The number of alkyl halides is 3. The molecule has 2 aromatic carbocycles. The molecule has 0 fully saturated rings. The van der Waals surface area contributed by atoms with Crippen LogP contribution in [0.5, 0.6) is 5.75 Å². The summed E-state index contributed by atoms with van der Waals surface area (Å²) in [7, 11) is 0. The molecule has 8 nitrogen and oxygen atoms in total. The number of nitrogens with one attached hydrogen (secondary N) is 1. The first-order valence-electron chi connectivity index (χ1n) is 11.6. The zero-order chi connectivity index (χ0) is 26.6. The maximum absolute atomic E-state index is 15.0. The fourth-order valence-corrected chi connectivity index (χ4v) is 4.05. The molecule has 0 unspecified atom stereocenters. The average molecular weight is 519 g/mol. The van der Waals surface area contributed by atoms with Crippen LogP contribution < -0.4 is 21.9 Å². The van der Waals surface area contributed by atoms with Crippen molar-refractivity contribution in [2.45, 2.75) is 19.3 Å². The number of rotatable bonds is 10. The lowest BCUT2D eigenvalue weighted by atomic mass is 10.1. The van der Waals surface area contributed by atoms with Crippen LogP contribution in [0.25, 0.3) is 28.0 Å². The van der Waals surface area contributed by atoms with E-state index in [1.807, 2.05) is 4.90 Å². The molecule has 0 saturated carbocycles. The Balaban J connectivity index is 1.65. The molecular weight excluding hydrogens is 492 g/mol. The number of aromatic nitrogens is 3. The largest absolute Gasteiger partial charge is 0.573 e. The summed E-state index contributed by atoms with van der Waals surface area (Å²) in [5.41, 5.74) is 11.9. The summed E-state index contributed by atoms with van der Waals surface area (Å²) in [4.78, 5) is 21.6. The van der Waals surface area contributed by atoms with E-state index >= 15 is 0 Å². The van der Waals surface area contributed by atoms with Gasteiger partial charge in [-0.3, -0.25) is 9.47 Å². The van der Waals surface area contributed by atoms with Gasteiger partial charge in [0.25, 0.3) is 0 Å². The molecular formula is C25H26F4N6O2. The van der Waals surface area contributed by atoms with E-state index < -0.39 is 23.6 Å². The summed E-state index contributed by atoms with van der Waals surface area (Å²) in [6.45, 7) is 2.56. The third-order valence-electron chi connectivity index (χ3n) is 5.74. The van der Waals surface area contributed by atoms with Crippen LogP contribution >= 0.6 is 0 Å². The highest BCUT2D eigenvalue weighted by atomic mass is 19.4. The second kappa shape index (κ2) is 11.1. The Kier molecular flexibility index (Phi) is 7.91. The number of nitrogens with zero attached hydrogens (tertiary/aromatic N) is 3. The van der Waals surface area contributed by atoms with Gasteiger partial charge in [0, 0.05) is 42.3 Å². The molecule has 2 heterocycles. The number of aromatic amines is 1. The van der Waals surface area contributed by atoms with Crippen molar-refractivity contribution in [2.24, 2.45) is 11.5 Å². The van der Waals surface area contributed by atoms with Crippen LogP contribution in [0.15, 0.2) is 59.5 Å². The predicted octanol–water partition coefficient (Wildman–Crippen LogP) is 3.53. The molecule has 0 radical (unpaired) electrons. The zero-order valence-corrected chi connectivity index (χ0v) is 19.8. The minimum Gasteiger partial charge on any atom is -0.405 e. The van der Waals surface area contributed by atoms with Crippen LogP contribution in [0.4, 0.5) is 17.6 Å². The van der Waals surface area contributed by atoms with Crippen molar-refractivity contribution in [1.82, 2.24) is 19.4 Å². The Hall–Kier alpha value is -3.74. The van der Waals surface area contributed by atoms with Gasteiger partial charge in [-0.05, 0) is 49.8 Å². The SMILES string of the molecule is NCCCN(CCN)Cc1ccc(-n2cc3cc(-c4ccccc4OC(F)(F)F)[nH]c3nc2=O)cc1F. The number of fused-ring (bicyclic) bond motifs is 1. The van der Waals surface area contributed by atoms with Crippen LogP contribution in [0, 0.1) is 5.82 Å². The number of H-pyrrole nitrogens is 1. The monoisotopic (exact) mass is 518 g/mol. The average Bonchev–Trinajstić information content (AvgIpc) is 3.25. The number of ether oxygens (including phenoxy) is 1. The van der Waals surface area contributed by atoms with Crippen LogP contribution in [0.2, 0.25) is 0 Å². The Morgan fingerprint density at radius 2 is 1.84 bits per heavy atom. The molecule has 12 heteroatoms. The first-order valence-corrected chi connectivity index (χ1v) is 11.6. The lowest BCUT2D eigenvalue weighted by Crippen LogP contribution is -2.31. The Morgan fingerprint density at radius 3 is 2.54 bits per heavy atom. The number of hydrogen-bond donors (Lipinski definition) is 3. The molecule has 196 valence electrons. The van der Waals surface area contributed by atoms with Crippen molar-refractivity contribution in [3.63, 3.8) is 0 Å². The zero-order valence-electron chi connectivity index (χ0n) is 19.8. The fraction of sp³-hybridized carbons (Fsp3) is 0.280. The molecule has 0 atom stereocenters. The van der Waals surface area contributed by atoms with E-state index in [-0.39, 0.29) is 22.6 Å². The number of nitrogens with two attached hydrogens (primary N) is 2. The van der Waals surface area contributed by atoms with E-state index in [4.69, 9.17) is 11.5 Å². The lowest BCUT2D eigenvalue weighted by Gasteiger charge is -2.21. The highest BCUT2D eigenvalue weighted by molar-refractivity contribution is 5.84. The van der Waals surface area contributed by atoms with E-state index in [0.29, 0.717) is 43.7 Å². The van der Waals surface area contributed by atoms with E-state index in [9.17, 15) is 22.4 Å². The van der Waals surface area contributed by atoms with Crippen LogP contribution in [0.3, 0.4) is 0 Å². The molecule has 0 aliphatic heterocycles. The molecule has 0 bridgehead atoms. The number of para-hydroxylation sites is 1. The van der Waals surface area contributed by atoms with Gasteiger partial charge in [0.05, 0.1) is 11.4 Å². The molecule has 0 amide bonds. The minimum absolute atomic E-state index is 0.142. The predicted molar refractivity (Wildman–Crippen MR) is 132 cm³/mol. The highest BCUT2D eigenvalue weighted by Gasteiger charge is 2.32. The molecule has 4 rings (SSSR count). The molecule has 0 spiro atoms. The smallest absolute Gasteiger partial charge is 0.405 e. The molecule has 4 aromatic rings. The van der Waals surface area contributed by atoms with Crippen molar-refractivity contribution in [3.05, 3.63) is 76.6 Å². The Morgan fingerprint density at radius 1 is 1.05 bits per heavy atom. The van der Waals surface area contributed by atoms with E-state index in [1.165, 1.54) is 35.0 Å². The summed E-state index contributed by atoms with van der Waals surface area (Å²) in [6, 6.07) is 11.6. The second-order valence-corrected chi connectivity index (χ2v) is 8.41. The minimum atomic E-state index is -4.87. The van der Waals surface area contributed by atoms with Crippen LogP contribution in [-0.2, 0) is 6.54 Å². The molecule has 2 aromatic heterocycles. The van der Waals surface area contributed by atoms with Gasteiger partial charge in [0.1, 0.15) is 17.2 Å². The number of hydrogen-bond acceptors (Lipinski definition) is 6. The molecule has 0 aliphatic rings. The van der Waals surface area contributed by atoms with Gasteiger partial charge in [-0.15, -0.1) is 13.2 Å². The fourth-order valence-electron chi connectivity index (χ4n) is 4.05. The quantitative estimate of drug-likeness (QED) is 0.277. The summed E-state index contributed by atoms with van der Waals surface area (Å²) >= 11 is 0. The Labute approximate surface area is 209 Å². The van der Waals surface area contributed by atoms with Crippen molar-refractivity contribution in [2.75, 3.05) is 26.2 Å². The van der Waals surface area contributed by atoms with Crippen LogP contribution in [0.1, 0.15) is 12.0 Å². The van der Waals surface area contributed by atoms with Gasteiger partial charge in [-0.2, -0.15) is 4.98 Å². The Bertz CT molecular complexity index is 1430. The van der Waals surface area contributed by atoms with E-state index in [2.05, 4.69) is 14.7 Å². The van der Waals surface area contributed by atoms with Gasteiger partial charge >= 0.3 is 12.1 Å². The maximum Gasteiger partial charge on any atom is 0.573 e. The first-order chi connectivity index (χ1) is 17.7. The number of halogens is 4. The summed E-state index contributed by atoms with van der Waals surface area (Å²) < 4.78 is 58.8. The maximum atomic E-state index is 15.0. The molecule has 5 N–H and O–H groups in total. The van der Waals surface area contributed by atoms with Crippen LogP contribution in [-0.4, -0.2) is 52.0 Å². The van der Waals surface area contributed by atoms with Gasteiger partial charge in [-0.1, -0.05) is 18.2 Å². The number of benzene rings is 2. The van der Waals surface area contributed by atoms with E-state index in [0.717, 1.165) is 6.42 Å². The van der Waals surface area contributed by atoms with E-state index in [1.54, 1.807) is 24.3 Å². The molecule has 0 saturated heterocycles. The summed E-state index contributed by atoms with van der Waals surface area (Å²) in [5, 5.41) is 0.441. The van der Waals surface area contributed by atoms with Crippen molar-refractivity contribution < 1.29 is 22.3 Å². The van der Waals surface area contributed by atoms with Crippen molar-refractivity contribution in [3.8, 4) is 22.7 Å². The van der Waals surface area contributed by atoms with Gasteiger partial charge in [-0.25, -0.2) is 9.18 Å². The van der Waals surface area contributed by atoms with Crippen molar-refractivity contribution in [1.29, 1.82) is 0 Å². The molecule has 0 aliphatic carbocycles. The molecule has 37 heavy (non-hydrogen) atoms. The van der Waals surface area contributed by atoms with Gasteiger partial charge in [0.2, 0.25) is 0 Å².